The molecule has 6 bridgehead atoms. The van der Waals surface area contributed by atoms with Gasteiger partial charge in [-0.3, -0.25) is 9.59 Å². The van der Waals surface area contributed by atoms with Gasteiger partial charge in [0, 0.05) is 56.3 Å². The quantitative estimate of drug-likeness (QED) is 0.0830. The van der Waals surface area contributed by atoms with E-state index in [-0.39, 0.29) is 50.5 Å². The fraction of sp³-hybridized carbons (Fsp3) is 0.681. The van der Waals surface area contributed by atoms with E-state index in [1.165, 1.54) is 33.1 Å². The summed E-state index contributed by atoms with van der Waals surface area (Å²) >= 11 is 0. The molecule has 358 valence electrons. The number of allylic oxidation sites excluding steroid dienone is 3. The highest BCUT2D eigenvalue weighted by molar-refractivity contribution is 5.85. The summed E-state index contributed by atoms with van der Waals surface area (Å²) in [7, 11) is 2.40. The van der Waals surface area contributed by atoms with E-state index in [4.69, 9.17) is 37.9 Å². The fourth-order valence-electron chi connectivity index (χ4n) is 8.57. The number of carbonyl (C=O) groups excluding carboxylic acids is 5. The number of aliphatic hydroxyl groups is 4. The second kappa shape index (κ2) is 22.3. The molecule has 0 aromatic rings. The lowest BCUT2D eigenvalue weighted by Gasteiger charge is -2.53. The van der Waals surface area contributed by atoms with Gasteiger partial charge in [-0.05, 0) is 38.2 Å². The van der Waals surface area contributed by atoms with Crippen molar-refractivity contribution in [3.8, 4) is 0 Å². The number of carbonyl (C=O) groups is 5. The second-order valence-electron chi connectivity index (χ2n) is 18.3. The van der Waals surface area contributed by atoms with Crippen molar-refractivity contribution < 1.29 is 82.3 Å². The van der Waals surface area contributed by atoms with Crippen LogP contribution < -0.4 is 0 Å². The number of unbranched alkanes of at least 4 members (excludes halogenated alkanes) is 1. The summed E-state index contributed by atoms with van der Waals surface area (Å²) in [6, 6.07) is 0. The number of fused-ring (bicyclic) bond motifs is 6. The molecule has 0 amide bonds. The largest absolute Gasteiger partial charge is 0.466 e. The molecule has 0 radical (unpaired) electrons. The van der Waals surface area contributed by atoms with Gasteiger partial charge >= 0.3 is 29.8 Å². The summed E-state index contributed by atoms with van der Waals surface area (Å²) in [5, 5.41) is 47.5. The maximum absolute atomic E-state index is 13.4. The van der Waals surface area contributed by atoms with Crippen molar-refractivity contribution in [2.24, 2.45) is 10.8 Å². The van der Waals surface area contributed by atoms with Crippen LogP contribution in [0.4, 0.5) is 0 Å². The van der Waals surface area contributed by atoms with E-state index >= 15 is 0 Å². The maximum Gasteiger partial charge on any atom is 0.331 e. The smallest absolute Gasteiger partial charge is 0.331 e. The average molecular weight is 905 g/mol. The van der Waals surface area contributed by atoms with Gasteiger partial charge in [0.15, 0.2) is 11.9 Å². The number of methoxy groups -OCH3 is 2. The minimum atomic E-state index is -2.47. The van der Waals surface area contributed by atoms with Crippen molar-refractivity contribution >= 4 is 29.8 Å². The van der Waals surface area contributed by atoms with Crippen LogP contribution in [-0.2, 0) is 61.9 Å². The lowest BCUT2D eigenvalue weighted by Crippen LogP contribution is -2.62. The zero-order valence-electron chi connectivity index (χ0n) is 38.5. The Morgan fingerprint density at radius 1 is 0.875 bits per heavy atom. The molecule has 0 spiro atoms. The normalized spacial score (nSPS) is 35.8. The number of esters is 5. The topological polar surface area (TPSA) is 240 Å². The first-order valence-corrected chi connectivity index (χ1v) is 21.9. The first kappa shape index (κ1) is 52.4. The lowest BCUT2D eigenvalue weighted by molar-refractivity contribution is -0.348. The summed E-state index contributed by atoms with van der Waals surface area (Å²) in [5.41, 5.74) is -2.06. The zero-order chi connectivity index (χ0) is 47.6. The third kappa shape index (κ3) is 13.4. The second-order valence-corrected chi connectivity index (χ2v) is 18.3. The van der Waals surface area contributed by atoms with E-state index < -0.39 is 114 Å². The van der Waals surface area contributed by atoms with Crippen LogP contribution in [0.5, 0.6) is 0 Å². The minimum absolute atomic E-state index is 0.0721. The molecule has 4 heterocycles. The predicted molar refractivity (Wildman–Crippen MR) is 228 cm³/mol. The Balaban J connectivity index is 1.89. The molecule has 3 saturated heterocycles. The molecule has 4 aliphatic rings. The van der Waals surface area contributed by atoms with Gasteiger partial charge in [-0.25, -0.2) is 14.4 Å². The molecule has 0 saturated carbocycles. The molecule has 17 nitrogen and oxygen atoms in total. The first-order valence-electron chi connectivity index (χ1n) is 21.9. The van der Waals surface area contributed by atoms with E-state index in [2.05, 4.69) is 0 Å². The van der Waals surface area contributed by atoms with Crippen LogP contribution in [0, 0.1) is 10.8 Å². The molecule has 0 unspecified atom stereocenters. The van der Waals surface area contributed by atoms with Crippen LogP contribution in [0.3, 0.4) is 0 Å². The summed E-state index contributed by atoms with van der Waals surface area (Å²) in [6.45, 7) is 11.2. The Hall–Kier alpha value is -4.23. The number of ether oxygens (including phenoxy) is 8. The molecule has 0 aromatic heterocycles. The van der Waals surface area contributed by atoms with E-state index in [0.717, 1.165) is 32.1 Å². The molecule has 4 rings (SSSR count). The van der Waals surface area contributed by atoms with Crippen molar-refractivity contribution in [2.75, 3.05) is 14.2 Å². The predicted octanol–water partition coefficient (Wildman–Crippen LogP) is 4.28. The van der Waals surface area contributed by atoms with Crippen LogP contribution >= 0.6 is 0 Å². The molecule has 4 N–H and O–H groups in total. The molecule has 4 aliphatic heterocycles. The highest BCUT2D eigenvalue weighted by atomic mass is 16.7. The van der Waals surface area contributed by atoms with Crippen molar-refractivity contribution in [1.82, 2.24) is 0 Å². The van der Waals surface area contributed by atoms with Crippen LogP contribution in [-0.4, -0.2) is 131 Å². The fourth-order valence-corrected chi connectivity index (χ4v) is 8.57. The number of aliphatic hydroxyl groups excluding tert-OH is 2. The molecule has 0 aromatic carbocycles. The SMILES string of the molecule is CCC/C=C/C=C/C(=O)O[C@H]1/C(=C\C(=O)OC)C[C@H]2C[C@H]([C@@H](C)O)OC(=O)C[C@H](O)C[C@@H]3C[C@H](OC(C)=O)C(C)(C)[C@](O)(C[C@@H]4C/C(=C/C(=O)OC)C[C@H](/C=C/C(C)(C)[C@]1(O)O2)O4)O3. The minimum Gasteiger partial charge on any atom is -0.466 e. The Morgan fingerprint density at radius 3 is 2.20 bits per heavy atom. The van der Waals surface area contributed by atoms with Gasteiger partial charge < -0.3 is 58.3 Å². The van der Waals surface area contributed by atoms with Crippen LogP contribution in [0.25, 0.3) is 0 Å². The lowest BCUT2D eigenvalue weighted by atomic mass is 9.70. The van der Waals surface area contributed by atoms with Crippen molar-refractivity contribution in [3.05, 3.63) is 59.8 Å². The van der Waals surface area contributed by atoms with Gasteiger partial charge in [-0.1, -0.05) is 77.0 Å². The summed E-state index contributed by atoms with van der Waals surface area (Å²) < 4.78 is 46.7. The monoisotopic (exact) mass is 904 g/mol. The maximum atomic E-state index is 13.4. The van der Waals surface area contributed by atoms with Crippen LogP contribution in [0.15, 0.2) is 59.8 Å². The highest BCUT2D eigenvalue weighted by Gasteiger charge is 2.59. The first-order chi connectivity index (χ1) is 29.9. The molecule has 3 fully saturated rings. The highest BCUT2D eigenvalue weighted by Crippen LogP contribution is 2.50. The van der Waals surface area contributed by atoms with E-state index in [1.54, 1.807) is 45.9 Å². The Labute approximate surface area is 375 Å². The third-order valence-corrected chi connectivity index (χ3v) is 12.4. The van der Waals surface area contributed by atoms with Gasteiger partial charge in [0.05, 0.1) is 62.7 Å². The van der Waals surface area contributed by atoms with Crippen molar-refractivity contribution in [2.45, 2.75) is 179 Å². The van der Waals surface area contributed by atoms with Gasteiger partial charge in [0.1, 0.15) is 12.2 Å². The third-order valence-electron chi connectivity index (χ3n) is 12.4. The Bertz CT molecular complexity index is 1830. The number of rotatable bonds is 9. The van der Waals surface area contributed by atoms with Crippen molar-refractivity contribution in [1.29, 1.82) is 0 Å². The van der Waals surface area contributed by atoms with E-state index in [0.29, 0.717) is 5.57 Å². The van der Waals surface area contributed by atoms with Crippen LogP contribution in [0.2, 0.25) is 0 Å². The molecule has 17 heteroatoms. The number of hydrogen-bond acceptors (Lipinski definition) is 17. The van der Waals surface area contributed by atoms with Gasteiger partial charge in [0.25, 0.3) is 0 Å². The Kier molecular flexibility index (Phi) is 18.3. The molecular weight excluding hydrogens is 836 g/mol. The average Bonchev–Trinajstić information content (AvgIpc) is 3.19. The number of hydrogen-bond donors (Lipinski definition) is 4. The Morgan fingerprint density at radius 2 is 1.56 bits per heavy atom. The summed E-state index contributed by atoms with van der Waals surface area (Å²) in [5.74, 6) is -8.31. The number of cyclic esters (lactones) is 1. The van der Waals surface area contributed by atoms with E-state index in [1.807, 2.05) is 13.0 Å². The molecule has 64 heavy (non-hydrogen) atoms. The zero-order valence-corrected chi connectivity index (χ0v) is 38.5. The summed E-state index contributed by atoms with van der Waals surface area (Å²) in [4.78, 5) is 64.7. The molecular formula is C47H68O17. The van der Waals surface area contributed by atoms with Gasteiger partial charge in [-0.15, -0.1) is 0 Å². The molecule has 0 aliphatic carbocycles. The van der Waals surface area contributed by atoms with Crippen LogP contribution in [0.1, 0.15) is 113 Å². The standard InChI is InChI=1S/C47H68O17/c1-10-11-12-13-14-15-39(51)62-43-31(22-41(53)58-9)21-34-25-37(28(2)48)61-42(54)24-32(50)23-35-26-38(59-29(3)49)45(6,7)46(55,63-35)27-36-19-30(20-40(52)57-8)18-33(60-36)16-17-44(4,5)47(43,56)64-34/h12-17,20,22,28,32-38,43,48,50,55-56H,10-11,18-19,21,23-27H2,1-9H3/b13-12+,15-14+,17-16+,30-20+,31-22-/t28-,32-,33+,34+,35-,36+,37-,38+,43+,46+,47-/m1/s1. The van der Waals surface area contributed by atoms with Crippen molar-refractivity contribution in [3.63, 3.8) is 0 Å². The molecule has 11 atom stereocenters. The van der Waals surface area contributed by atoms with Gasteiger partial charge in [0.2, 0.25) is 5.79 Å². The van der Waals surface area contributed by atoms with E-state index in [9.17, 15) is 44.4 Å². The summed E-state index contributed by atoms with van der Waals surface area (Å²) in [6.07, 6.45) is 2.55. The van der Waals surface area contributed by atoms with Gasteiger partial charge in [-0.2, -0.15) is 0 Å².